The SMILES string of the molecule is CCOCC1(CC)CCC(c2c(CN(C)CCNC)nn3c2COCC3)CC1.CNCCN(C)Cc1nn2c(c1C1CCC(C)(COC)CC1)COCC2.CNCCN(C)Cc1nn2c(c1C1CCC(C)(COC)CC1)COCC2.CNCCN(C)Cc1nn2c(c1C1CCC3(CC1)CCN(Cc1ccccc1)C3=O)COCC2.CNCCN(C)Cc1nn2c(c1C1CCC3(CC1)CCN(Cc1ccccc1)C3=O)COCC2. The summed E-state index contributed by atoms with van der Waals surface area (Å²) < 4.78 is 56.9. The third-order valence-electron chi connectivity index (χ3n) is 35.5. The minimum Gasteiger partial charge on any atom is -0.384 e. The van der Waals surface area contributed by atoms with Crippen LogP contribution >= 0.6 is 0 Å². The Morgan fingerprint density at radius 3 is 0.831 bits per heavy atom. The molecule has 7 aromatic rings. The van der Waals surface area contributed by atoms with E-state index in [1.54, 1.807) is 0 Å². The van der Waals surface area contributed by atoms with Gasteiger partial charge in [0.1, 0.15) is 0 Å². The lowest BCUT2D eigenvalue weighted by Crippen LogP contribution is -2.37. The molecular formula is C116H190N22O10. The van der Waals surface area contributed by atoms with E-state index in [1.165, 1.54) is 179 Å². The molecule has 5 aromatic heterocycles. The van der Waals surface area contributed by atoms with E-state index in [0.717, 1.165) is 287 Å². The molecule has 2 saturated heterocycles. The minimum absolute atomic E-state index is 0.154. The number of hydrogen-bond donors (Lipinski definition) is 5. The number of aromatic nitrogens is 10. The molecule has 0 bridgehead atoms. The van der Waals surface area contributed by atoms with Crippen LogP contribution in [-0.4, -0.2) is 318 Å². The third kappa shape index (κ3) is 29.3. The Labute approximate surface area is 887 Å². The molecule has 0 atom stereocenters. The molecule has 7 aliphatic heterocycles. The van der Waals surface area contributed by atoms with Crippen molar-refractivity contribution in [1.29, 1.82) is 0 Å². The van der Waals surface area contributed by atoms with E-state index in [9.17, 15) is 9.59 Å². The van der Waals surface area contributed by atoms with Gasteiger partial charge in [-0.05, 0) is 282 Å². The Bertz CT molecular complexity index is 4910. The molecule has 2 spiro atoms. The molecular weight excluding hydrogens is 1860 g/mol. The summed E-state index contributed by atoms with van der Waals surface area (Å²) in [4.78, 5) is 43.0. The number of nitrogens with one attached hydrogen (secondary N) is 5. The maximum atomic E-state index is 13.5. The molecule has 148 heavy (non-hydrogen) atoms. The van der Waals surface area contributed by atoms with Gasteiger partial charge in [-0.15, -0.1) is 0 Å². The second-order valence-corrected chi connectivity index (χ2v) is 46.5. The summed E-state index contributed by atoms with van der Waals surface area (Å²) in [5.41, 5.74) is 23.2. The first-order valence-electron chi connectivity index (χ1n) is 57.1. The van der Waals surface area contributed by atoms with Crippen molar-refractivity contribution < 1.29 is 47.5 Å². The Hall–Kier alpha value is -7.29. The lowest BCUT2D eigenvalue weighted by atomic mass is 9.67. The molecule has 0 radical (unpaired) electrons. The average molecular weight is 2050 g/mol. The van der Waals surface area contributed by atoms with Crippen molar-refractivity contribution in [2.24, 2.45) is 27.1 Å². The van der Waals surface area contributed by atoms with Crippen LogP contribution in [0, 0.1) is 27.1 Å². The lowest BCUT2D eigenvalue weighted by molar-refractivity contribution is -0.139. The van der Waals surface area contributed by atoms with E-state index < -0.39 is 0 Å². The van der Waals surface area contributed by atoms with Crippen molar-refractivity contribution in [1.82, 2.24) is 110 Å². The van der Waals surface area contributed by atoms with Crippen molar-refractivity contribution in [3.05, 3.63) is 157 Å². The Kier molecular flexibility index (Phi) is 43.2. The number of rotatable bonds is 42. The van der Waals surface area contributed by atoms with Gasteiger partial charge in [-0.3, -0.25) is 57.5 Å². The zero-order valence-electron chi connectivity index (χ0n) is 94.0. The van der Waals surface area contributed by atoms with E-state index >= 15 is 0 Å². The van der Waals surface area contributed by atoms with E-state index in [0.29, 0.717) is 84.1 Å². The second-order valence-electron chi connectivity index (χ2n) is 46.5. The van der Waals surface area contributed by atoms with Crippen LogP contribution in [0.1, 0.15) is 301 Å². The number of carbonyl (C=O) groups excluding carboxylic acids is 2. The highest BCUT2D eigenvalue weighted by atomic mass is 16.5. The summed E-state index contributed by atoms with van der Waals surface area (Å²) in [5, 5.41) is 41.3. The summed E-state index contributed by atoms with van der Waals surface area (Å²) in [5.74, 6) is 3.53. The van der Waals surface area contributed by atoms with Crippen LogP contribution in [-0.2, 0) is 159 Å². The van der Waals surface area contributed by atoms with Gasteiger partial charge in [-0.25, -0.2) is 0 Å². The Morgan fingerprint density at radius 1 is 0.345 bits per heavy atom. The van der Waals surface area contributed by atoms with Crippen LogP contribution in [0.15, 0.2) is 60.7 Å². The number of likely N-dealkylation sites (N-methyl/N-ethyl adjacent to an activating group) is 10. The van der Waals surface area contributed by atoms with Gasteiger partial charge in [0.2, 0.25) is 11.8 Å². The first-order chi connectivity index (χ1) is 71.9. The zero-order chi connectivity index (χ0) is 104. The number of ether oxygens (including phenoxy) is 8. The standard InChI is InChI=1S/2C27H39N5O2.C22H40N4O2.2C20H36N4O2/c2*1-28-13-15-30(2)19-23-25(24-20-34-17-16-32(24)29-23)22-8-10-27(11-9-22)12-14-31(26(27)33)18-21-6-4-3-5-7-21;1-5-22(17-27-6-2)9-7-18(8-10-22)21-19(15-25(4)12-11-23-3)24-26-13-14-28-16-20(21)26;2*1-20(15-25-4)7-5-16(6-8-20)19-17(13-23(3)10-9-21-2)22-24-11-12-26-14-18(19)24/h2*3-7,22,28H,8-20H2,1-2H3;18,23H,5-17H2,1-4H3;2*16,21H,5-15H2,1-4H3. The summed E-state index contributed by atoms with van der Waals surface area (Å²) in [7, 11) is 24.6. The molecule has 2 aromatic carbocycles. The highest BCUT2D eigenvalue weighted by molar-refractivity contribution is 5.85. The number of likely N-dealkylation sites (tertiary alicyclic amines) is 2. The van der Waals surface area contributed by atoms with Crippen LogP contribution in [0.3, 0.4) is 0 Å². The first kappa shape index (κ1) is 115. The average Bonchev–Trinajstić information content (AvgIpc) is 1.60. The van der Waals surface area contributed by atoms with Gasteiger partial charge < -0.3 is 74.3 Å². The van der Waals surface area contributed by atoms with Gasteiger partial charge in [0.05, 0.1) is 186 Å². The summed E-state index contributed by atoms with van der Waals surface area (Å²) in [6, 6.07) is 20.8. The molecule has 824 valence electrons. The molecule has 5 aliphatic carbocycles. The van der Waals surface area contributed by atoms with E-state index in [2.05, 4.69) is 196 Å². The fourth-order valence-corrected chi connectivity index (χ4v) is 26.4. The minimum atomic E-state index is -0.154. The number of nitrogens with zero attached hydrogens (tertiary/aromatic N) is 17. The molecule has 0 unspecified atom stereocenters. The van der Waals surface area contributed by atoms with Crippen LogP contribution < -0.4 is 26.6 Å². The smallest absolute Gasteiger partial charge is 0.229 e. The number of carbonyl (C=O) groups is 2. The predicted molar refractivity (Wildman–Crippen MR) is 584 cm³/mol. The molecule has 2 amide bonds. The summed E-state index contributed by atoms with van der Waals surface area (Å²) in [6.45, 7) is 42.0. The first-order valence-corrected chi connectivity index (χ1v) is 57.1. The quantitative estimate of drug-likeness (QED) is 0.0238. The molecule has 5 saturated carbocycles. The third-order valence-corrected chi connectivity index (χ3v) is 35.5. The highest BCUT2D eigenvalue weighted by Gasteiger charge is 2.52. The molecule has 32 nitrogen and oxygen atoms in total. The molecule has 7 fully saturated rings. The van der Waals surface area contributed by atoms with Crippen LogP contribution in [0.5, 0.6) is 0 Å². The maximum Gasteiger partial charge on any atom is 0.229 e. The monoisotopic (exact) mass is 2050 g/mol. The van der Waals surface area contributed by atoms with Gasteiger partial charge in [0, 0.05) is 173 Å². The zero-order valence-corrected chi connectivity index (χ0v) is 94.0. The number of hydrogen-bond acceptors (Lipinski definition) is 25. The molecule has 5 N–H and O–H groups in total. The number of benzene rings is 2. The number of amides is 2. The molecule has 12 aliphatic rings. The van der Waals surface area contributed by atoms with Crippen molar-refractivity contribution in [3.8, 4) is 0 Å². The highest BCUT2D eigenvalue weighted by Crippen LogP contribution is 2.55. The van der Waals surface area contributed by atoms with Gasteiger partial charge in [0.15, 0.2) is 0 Å². The van der Waals surface area contributed by atoms with Crippen molar-refractivity contribution in [2.45, 2.75) is 317 Å². The van der Waals surface area contributed by atoms with Gasteiger partial charge in [-0.2, -0.15) is 25.5 Å². The number of methoxy groups -OCH3 is 2. The fourth-order valence-electron chi connectivity index (χ4n) is 26.4. The fraction of sp³-hybridized carbons (Fsp3) is 0.750. The van der Waals surface area contributed by atoms with E-state index in [4.69, 9.17) is 63.4 Å². The van der Waals surface area contributed by atoms with E-state index in [1.807, 2.05) is 61.6 Å². The van der Waals surface area contributed by atoms with Gasteiger partial charge in [-0.1, -0.05) is 81.4 Å². The normalized spacial score (nSPS) is 25.4. The van der Waals surface area contributed by atoms with Crippen LogP contribution in [0.4, 0.5) is 0 Å². The Balaban J connectivity index is 0.000000139. The molecule has 12 heterocycles. The van der Waals surface area contributed by atoms with Crippen molar-refractivity contribution >= 4 is 11.8 Å². The lowest BCUT2D eigenvalue weighted by Gasteiger charge is -2.40. The number of fused-ring (bicyclic) bond motifs is 5. The Morgan fingerprint density at radius 2 is 0.595 bits per heavy atom. The molecule has 19 rings (SSSR count). The molecule has 32 heteroatoms. The van der Waals surface area contributed by atoms with E-state index in [-0.39, 0.29) is 10.8 Å². The van der Waals surface area contributed by atoms with Crippen LogP contribution in [0.25, 0.3) is 0 Å². The second kappa shape index (κ2) is 55.7. The van der Waals surface area contributed by atoms with Gasteiger partial charge in [0.25, 0.3) is 0 Å². The largest absolute Gasteiger partial charge is 0.384 e. The maximum absolute atomic E-state index is 13.5. The summed E-state index contributed by atoms with van der Waals surface area (Å²) in [6.07, 6.45) is 26.3. The topological polar surface area (TPSA) is 280 Å². The van der Waals surface area contributed by atoms with Crippen molar-refractivity contribution in [2.75, 3.05) is 223 Å². The predicted octanol–water partition coefficient (Wildman–Crippen LogP) is 14.2. The summed E-state index contributed by atoms with van der Waals surface area (Å²) >= 11 is 0. The van der Waals surface area contributed by atoms with Gasteiger partial charge >= 0.3 is 0 Å². The van der Waals surface area contributed by atoms with Crippen molar-refractivity contribution in [3.63, 3.8) is 0 Å². The van der Waals surface area contributed by atoms with Crippen LogP contribution in [0.2, 0.25) is 0 Å².